The fraction of sp³-hybridized carbons (Fsp3) is 0.333. The van der Waals surface area contributed by atoms with Crippen LogP contribution in [0.3, 0.4) is 0 Å². The zero-order chi connectivity index (χ0) is 15.4. The number of aryl methyl sites for hydroxylation is 2. The summed E-state index contributed by atoms with van der Waals surface area (Å²) in [5.74, 6) is 2.99. The molecule has 0 aromatic heterocycles. The smallest absolute Gasteiger partial charge is 0.138 e. The van der Waals surface area contributed by atoms with Crippen LogP contribution < -0.4 is 14.2 Å². The average molecular weight is 408 g/mol. The van der Waals surface area contributed by atoms with Crippen LogP contribution in [0.4, 0.5) is 0 Å². The second-order valence-corrected chi connectivity index (χ2v) is 7.12. The van der Waals surface area contributed by atoms with Gasteiger partial charge in [-0.15, -0.1) is 0 Å². The highest BCUT2D eigenvalue weighted by molar-refractivity contribution is 14.1. The average Bonchev–Trinajstić information content (AvgIpc) is 2.85. The van der Waals surface area contributed by atoms with E-state index in [1.54, 1.807) is 7.11 Å². The molecule has 0 aliphatic carbocycles. The molecule has 0 amide bonds. The molecule has 0 N–H and O–H groups in total. The van der Waals surface area contributed by atoms with Gasteiger partial charge in [0.1, 0.15) is 23.4 Å². The van der Waals surface area contributed by atoms with Gasteiger partial charge in [0, 0.05) is 17.2 Å². The number of benzene rings is 2. The molecule has 2 heterocycles. The first-order valence-electron chi connectivity index (χ1n) is 7.36. The summed E-state index contributed by atoms with van der Waals surface area (Å²) in [6.45, 7) is 4.91. The van der Waals surface area contributed by atoms with Crippen LogP contribution in [0.2, 0.25) is 0 Å². The van der Waals surface area contributed by atoms with Gasteiger partial charge in [-0.25, -0.2) is 0 Å². The van der Waals surface area contributed by atoms with Gasteiger partial charge in [0.15, 0.2) is 0 Å². The van der Waals surface area contributed by atoms with Crippen LogP contribution in [0, 0.1) is 17.4 Å². The molecule has 0 radical (unpaired) electrons. The normalized spacial score (nSPS) is 21.3. The highest BCUT2D eigenvalue weighted by atomic mass is 127. The Bertz CT molecular complexity index is 769. The molecule has 2 aromatic carbocycles. The van der Waals surface area contributed by atoms with E-state index in [0.717, 1.165) is 26.4 Å². The summed E-state index contributed by atoms with van der Waals surface area (Å²) in [5.41, 5.74) is 4.90. The first-order valence-corrected chi connectivity index (χ1v) is 8.44. The lowest BCUT2D eigenvalue weighted by Crippen LogP contribution is -2.23. The van der Waals surface area contributed by atoms with E-state index in [4.69, 9.17) is 14.2 Å². The molecule has 2 aromatic rings. The second kappa shape index (κ2) is 5.05. The van der Waals surface area contributed by atoms with Crippen LogP contribution in [-0.2, 0) is 0 Å². The number of methoxy groups -OCH3 is 1. The third kappa shape index (κ3) is 2.00. The van der Waals surface area contributed by atoms with Gasteiger partial charge < -0.3 is 14.2 Å². The number of rotatable bonds is 1. The predicted octanol–water partition coefficient (Wildman–Crippen LogP) is 4.53. The van der Waals surface area contributed by atoms with E-state index in [9.17, 15) is 0 Å². The Morgan fingerprint density at radius 1 is 1.05 bits per heavy atom. The second-order valence-electron chi connectivity index (χ2n) is 5.95. The SMILES string of the molecule is COc1cc2c(cc1I)C1COc3cc(C)c(C)cc3C1O2. The van der Waals surface area contributed by atoms with Gasteiger partial charge >= 0.3 is 0 Å². The molecule has 4 rings (SSSR count). The Morgan fingerprint density at radius 2 is 1.82 bits per heavy atom. The molecule has 4 heteroatoms. The Hall–Kier alpha value is -1.43. The first kappa shape index (κ1) is 14.2. The molecule has 2 unspecified atom stereocenters. The predicted molar refractivity (Wildman–Crippen MR) is 93.2 cm³/mol. The van der Waals surface area contributed by atoms with Crippen molar-refractivity contribution in [2.45, 2.75) is 25.9 Å². The molecule has 2 atom stereocenters. The maximum Gasteiger partial charge on any atom is 0.138 e. The molecular formula is C18H17IO3. The third-order valence-corrected chi connectivity index (χ3v) is 5.50. The molecule has 0 bridgehead atoms. The van der Waals surface area contributed by atoms with Crippen molar-refractivity contribution in [1.29, 1.82) is 0 Å². The Balaban J connectivity index is 1.81. The Labute approximate surface area is 143 Å². The lowest BCUT2D eigenvalue weighted by Gasteiger charge is -2.28. The van der Waals surface area contributed by atoms with Crippen molar-refractivity contribution in [3.8, 4) is 17.2 Å². The van der Waals surface area contributed by atoms with Gasteiger partial charge in [0.2, 0.25) is 0 Å². The summed E-state index contributed by atoms with van der Waals surface area (Å²) in [5, 5.41) is 0. The van der Waals surface area contributed by atoms with Crippen LogP contribution in [-0.4, -0.2) is 13.7 Å². The summed E-state index contributed by atoms with van der Waals surface area (Å²) in [6.07, 6.45) is 0.0426. The van der Waals surface area contributed by atoms with Crippen molar-refractivity contribution in [3.05, 3.63) is 50.1 Å². The summed E-state index contributed by atoms with van der Waals surface area (Å²) in [7, 11) is 1.69. The molecule has 3 nitrogen and oxygen atoms in total. The van der Waals surface area contributed by atoms with E-state index in [-0.39, 0.29) is 12.0 Å². The number of hydrogen-bond donors (Lipinski definition) is 0. The third-order valence-electron chi connectivity index (χ3n) is 4.65. The summed E-state index contributed by atoms with van der Waals surface area (Å²) in [4.78, 5) is 0. The summed E-state index contributed by atoms with van der Waals surface area (Å²) in [6, 6.07) is 8.48. The number of halogens is 1. The van der Waals surface area contributed by atoms with E-state index in [1.807, 2.05) is 6.07 Å². The van der Waals surface area contributed by atoms with E-state index in [2.05, 4.69) is 54.6 Å². The minimum absolute atomic E-state index is 0.0426. The highest BCUT2D eigenvalue weighted by Crippen LogP contribution is 2.52. The number of fused-ring (bicyclic) bond motifs is 5. The zero-order valence-corrected chi connectivity index (χ0v) is 14.9. The lowest BCUT2D eigenvalue weighted by atomic mass is 9.88. The van der Waals surface area contributed by atoms with Crippen molar-refractivity contribution in [2.24, 2.45) is 0 Å². The largest absolute Gasteiger partial charge is 0.496 e. The van der Waals surface area contributed by atoms with Crippen molar-refractivity contribution in [3.63, 3.8) is 0 Å². The van der Waals surface area contributed by atoms with Gasteiger partial charge in [-0.2, -0.15) is 0 Å². The van der Waals surface area contributed by atoms with E-state index >= 15 is 0 Å². The van der Waals surface area contributed by atoms with Gasteiger partial charge in [-0.1, -0.05) is 0 Å². The molecule has 0 fully saturated rings. The van der Waals surface area contributed by atoms with Crippen molar-refractivity contribution < 1.29 is 14.2 Å². The quantitative estimate of drug-likeness (QED) is 0.650. The van der Waals surface area contributed by atoms with Crippen molar-refractivity contribution in [2.75, 3.05) is 13.7 Å². The monoisotopic (exact) mass is 408 g/mol. The van der Waals surface area contributed by atoms with Crippen LogP contribution in [0.1, 0.15) is 34.3 Å². The van der Waals surface area contributed by atoms with Gasteiger partial charge in [-0.05, 0) is 65.8 Å². The molecule has 22 heavy (non-hydrogen) atoms. The fourth-order valence-electron chi connectivity index (χ4n) is 3.28. The van der Waals surface area contributed by atoms with Gasteiger partial charge in [-0.3, -0.25) is 0 Å². The van der Waals surface area contributed by atoms with Crippen LogP contribution in [0.25, 0.3) is 0 Å². The number of hydrogen-bond acceptors (Lipinski definition) is 3. The molecule has 114 valence electrons. The molecule has 0 saturated carbocycles. The summed E-state index contributed by atoms with van der Waals surface area (Å²) < 4.78 is 18.8. The van der Waals surface area contributed by atoms with Crippen molar-refractivity contribution in [1.82, 2.24) is 0 Å². The highest BCUT2D eigenvalue weighted by Gasteiger charge is 2.41. The van der Waals surface area contributed by atoms with Crippen LogP contribution in [0.15, 0.2) is 24.3 Å². The van der Waals surface area contributed by atoms with Crippen LogP contribution in [0.5, 0.6) is 17.2 Å². The van der Waals surface area contributed by atoms with E-state index in [1.165, 1.54) is 16.7 Å². The van der Waals surface area contributed by atoms with Crippen molar-refractivity contribution >= 4 is 22.6 Å². The van der Waals surface area contributed by atoms with Gasteiger partial charge in [0.05, 0.1) is 23.2 Å². The minimum Gasteiger partial charge on any atom is -0.496 e. The molecular weight excluding hydrogens is 391 g/mol. The zero-order valence-electron chi connectivity index (χ0n) is 12.8. The lowest BCUT2D eigenvalue weighted by molar-refractivity contribution is 0.139. The van der Waals surface area contributed by atoms with Crippen LogP contribution >= 0.6 is 22.6 Å². The maximum atomic E-state index is 6.27. The molecule has 2 aliphatic heterocycles. The standard InChI is InChI=1S/C18H17IO3/c1-9-4-12-15(5-10(9)2)21-8-13-11-6-14(19)17(20-3)7-16(11)22-18(12)13/h4-7,13,18H,8H2,1-3H3. The minimum atomic E-state index is 0.0426. The van der Waals surface area contributed by atoms with E-state index in [0.29, 0.717) is 6.61 Å². The summed E-state index contributed by atoms with van der Waals surface area (Å²) >= 11 is 2.31. The van der Waals surface area contributed by atoms with E-state index < -0.39 is 0 Å². The molecule has 2 aliphatic rings. The first-order chi connectivity index (χ1) is 10.6. The maximum absolute atomic E-state index is 6.27. The van der Waals surface area contributed by atoms with Gasteiger partial charge in [0.25, 0.3) is 0 Å². The molecule has 0 saturated heterocycles. The Morgan fingerprint density at radius 3 is 2.59 bits per heavy atom. The molecule has 0 spiro atoms. The number of ether oxygens (including phenoxy) is 3. The topological polar surface area (TPSA) is 27.7 Å². The Kier molecular flexibility index (Phi) is 3.25. The fourth-order valence-corrected chi connectivity index (χ4v) is 3.99.